The van der Waals surface area contributed by atoms with E-state index in [0.717, 1.165) is 11.1 Å². The summed E-state index contributed by atoms with van der Waals surface area (Å²) in [5.41, 5.74) is 1.90. The average Bonchev–Trinajstić information content (AvgIpc) is 2.68. The molecule has 0 amide bonds. The zero-order valence-electron chi connectivity index (χ0n) is 16.8. The Kier molecular flexibility index (Phi) is 6.95. The van der Waals surface area contributed by atoms with Gasteiger partial charge in [-0.25, -0.2) is 21.6 Å². The summed E-state index contributed by atoms with van der Waals surface area (Å²) in [4.78, 5) is 0.303. The maximum Gasteiger partial charge on any atom is 0.244 e. The number of nitrogens with one attached hydrogen (secondary N) is 1. The molecule has 1 heterocycles. The van der Waals surface area contributed by atoms with E-state index in [-0.39, 0.29) is 36.0 Å². The first-order valence-electron chi connectivity index (χ1n) is 9.39. The van der Waals surface area contributed by atoms with Gasteiger partial charge < -0.3 is 4.74 Å². The van der Waals surface area contributed by atoms with Crippen LogP contribution in [0.2, 0.25) is 0 Å². The van der Waals surface area contributed by atoms with E-state index in [0.29, 0.717) is 0 Å². The van der Waals surface area contributed by atoms with Crippen LogP contribution < -0.4 is 4.72 Å². The molecule has 2 aromatic carbocycles. The van der Waals surface area contributed by atoms with Crippen LogP contribution in [0.25, 0.3) is 0 Å². The maximum absolute atomic E-state index is 13.0. The van der Waals surface area contributed by atoms with Crippen molar-refractivity contribution in [2.24, 2.45) is 0 Å². The van der Waals surface area contributed by atoms with Crippen molar-refractivity contribution in [1.29, 1.82) is 0 Å². The molecule has 0 aliphatic carbocycles. The molecule has 0 bridgehead atoms. The van der Waals surface area contributed by atoms with Crippen molar-refractivity contribution in [3.8, 4) is 11.8 Å². The molecule has 1 atom stereocenters. The van der Waals surface area contributed by atoms with Crippen LogP contribution in [-0.4, -0.2) is 53.5 Å². The highest BCUT2D eigenvalue weighted by atomic mass is 32.2. The fourth-order valence-electron chi connectivity index (χ4n) is 2.87. The molecule has 30 heavy (non-hydrogen) atoms. The number of hydrogen-bond donors (Lipinski definition) is 1. The van der Waals surface area contributed by atoms with Crippen LogP contribution in [-0.2, 0) is 24.8 Å². The third-order valence-electron chi connectivity index (χ3n) is 4.67. The van der Waals surface area contributed by atoms with Gasteiger partial charge in [-0.1, -0.05) is 47.2 Å². The maximum atomic E-state index is 13.0. The van der Waals surface area contributed by atoms with E-state index in [2.05, 4.69) is 16.6 Å². The van der Waals surface area contributed by atoms with Crippen molar-refractivity contribution >= 4 is 20.0 Å². The molecule has 1 unspecified atom stereocenters. The van der Waals surface area contributed by atoms with Gasteiger partial charge in [0.05, 0.1) is 22.4 Å². The molecule has 7 nitrogen and oxygen atoms in total. The molecule has 1 aliphatic rings. The molecule has 0 saturated heterocycles. The molecule has 160 valence electrons. The Bertz CT molecular complexity index is 1150. The summed E-state index contributed by atoms with van der Waals surface area (Å²) in [5.74, 6) is 5.54. The number of hydrogen-bond acceptors (Lipinski definition) is 5. The minimum atomic E-state index is -3.79. The second-order valence-corrected chi connectivity index (χ2v) is 10.8. The van der Waals surface area contributed by atoms with Crippen LogP contribution in [0, 0.1) is 25.7 Å². The van der Waals surface area contributed by atoms with Crippen LogP contribution in [0.1, 0.15) is 11.1 Å². The van der Waals surface area contributed by atoms with Gasteiger partial charge in [0.1, 0.15) is 6.61 Å². The summed E-state index contributed by atoms with van der Waals surface area (Å²) in [7, 11) is -7.53. The zero-order valence-corrected chi connectivity index (χ0v) is 18.5. The predicted octanol–water partition coefficient (Wildman–Crippen LogP) is 1.67. The van der Waals surface area contributed by atoms with Crippen molar-refractivity contribution in [1.82, 2.24) is 9.03 Å². The highest BCUT2D eigenvalue weighted by molar-refractivity contribution is 7.89. The molecule has 0 aromatic heterocycles. The number of nitrogens with zero attached hydrogens (tertiary/aromatic N) is 1. The lowest BCUT2D eigenvalue weighted by Crippen LogP contribution is -2.44. The Morgan fingerprint density at radius 2 is 1.50 bits per heavy atom. The molecule has 3 rings (SSSR count). The van der Waals surface area contributed by atoms with E-state index in [1.165, 1.54) is 16.4 Å². The SMILES string of the molecule is Cc1ccc(S(=O)(=O)NCC2CN(S(=O)(=O)c3ccc(C)cc3)CC#CCO2)cc1. The van der Waals surface area contributed by atoms with E-state index in [9.17, 15) is 16.8 Å². The third-order valence-corrected chi connectivity index (χ3v) is 7.94. The first kappa shape index (κ1) is 22.5. The molecule has 0 radical (unpaired) electrons. The molecule has 1 aliphatic heterocycles. The molecular formula is C21H24N2O5S2. The summed E-state index contributed by atoms with van der Waals surface area (Å²) in [6, 6.07) is 13.0. The van der Waals surface area contributed by atoms with Crippen molar-refractivity contribution in [2.75, 3.05) is 26.2 Å². The second-order valence-electron chi connectivity index (χ2n) is 7.06. The molecule has 9 heteroatoms. The number of ether oxygens (including phenoxy) is 1. The van der Waals surface area contributed by atoms with Crippen molar-refractivity contribution in [3.63, 3.8) is 0 Å². The van der Waals surface area contributed by atoms with Gasteiger partial charge in [-0.05, 0) is 38.1 Å². The zero-order chi connectivity index (χ0) is 21.8. The Morgan fingerprint density at radius 3 is 2.10 bits per heavy atom. The molecular weight excluding hydrogens is 424 g/mol. The summed E-state index contributed by atoms with van der Waals surface area (Å²) < 4.78 is 60.5. The van der Waals surface area contributed by atoms with Gasteiger partial charge >= 0.3 is 0 Å². The third kappa shape index (κ3) is 5.47. The van der Waals surface area contributed by atoms with Crippen LogP contribution in [0.4, 0.5) is 0 Å². The van der Waals surface area contributed by atoms with Crippen LogP contribution in [0.15, 0.2) is 58.3 Å². The van der Waals surface area contributed by atoms with Crippen molar-refractivity contribution in [2.45, 2.75) is 29.7 Å². The quantitative estimate of drug-likeness (QED) is 0.679. The summed E-state index contributed by atoms with van der Waals surface area (Å²) in [5, 5.41) is 0. The average molecular weight is 449 g/mol. The first-order valence-corrected chi connectivity index (χ1v) is 12.3. The topological polar surface area (TPSA) is 92.8 Å². The van der Waals surface area contributed by atoms with Crippen LogP contribution in [0.3, 0.4) is 0 Å². The lowest BCUT2D eigenvalue weighted by atomic mass is 10.2. The van der Waals surface area contributed by atoms with Gasteiger partial charge in [-0.2, -0.15) is 4.31 Å². The summed E-state index contributed by atoms with van der Waals surface area (Å²) >= 11 is 0. The fourth-order valence-corrected chi connectivity index (χ4v) is 5.31. The smallest absolute Gasteiger partial charge is 0.244 e. The van der Waals surface area contributed by atoms with Crippen molar-refractivity contribution in [3.05, 3.63) is 59.7 Å². The van der Waals surface area contributed by atoms with Gasteiger partial charge in [0.15, 0.2) is 0 Å². The lowest BCUT2D eigenvalue weighted by molar-refractivity contribution is 0.0662. The number of rotatable bonds is 6. The van der Waals surface area contributed by atoms with Crippen LogP contribution in [0.5, 0.6) is 0 Å². The highest BCUT2D eigenvalue weighted by Crippen LogP contribution is 2.18. The van der Waals surface area contributed by atoms with E-state index in [1.807, 2.05) is 13.8 Å². The Labute approximate surface area is 178 Å². The Morgan fingerprint density at radius 1 is 0.933 bits per heavy atom. The summed E-state index contributed by atoms with van der Waals surface area (Å²) in [6.45, 7) is 3.79. The molecule has 0 saturated carbocycles. The van der Waals surface area contributed by atoms with E-state index in [4.69, 9.17) is 4.74 Å². The molecule has 2 aromatic rings. The molecule has 0 spiro atoms. The normalized spacial score (nSPS) is 18.1. The second kappa shape index (κ2) is 9.29. The van der Waals surface area contributed by atoms with Gasteiger partial charge in [0.25, 0.3) is 0 Å². The first-order chi connectivity index (χ1) is 14.2. The van der Waals surface area contributed by atoms with Crippen LogP contribution >= 0.6 is 0 Å². The minimum Gasteiger partial charge on any atom is -0.363 e. The highest BCUT2D eigenvalue weighted by Gasteiger charge is 2.28. The molecule has 1 N–H and O–H groups in total. The van der Waals surface area contributed by atoms with E-state index in [1.54, 1.807) is 36.4 Å². The fraction of sp³-hybridized carbons (Fsp3) is 0.333. The Hall–Kier alpha value is -2.22. The number of sulfonamides is 2. The number of benzene rings is 2. The van der Waals surface area contributed by atoms with Crippen molar-refractivity contribution < 1.29 is 21.6 Å². The summed E-state index contributed by atoms with van der Waals surface area (Å²) in [6.07, 6.45) is -0.681. The van der Waals surface area contributed by atoms with E-state index >= 15 is 0 Å². The number of aryl methyl sites for hydroxylation is 2. The van der Waals surface area contributed by atoms with E-state index < -0.39 is 26.2 Å². The largest absolute Gasteiger partial charge is 0.363 e. The predicted molar refractivity (Wildman–Crippen MR) is 114 cm³/mol. The van der Waals surface area contributed by atoms with Gasteiger partial charge in [-0.15, -0.1) is 0 Å². The monoisotopic (exact) mass is 448 g/mol. The lowest BCUT2D eigenvalue weighted by Gasteiger charge is -2.26. The Balaban J connectivity index is 1.75. The van der Waals surface area contributed by atoms with Gasteiger partial charge in [-0.3, -0.25) is 0 Å². The van der Waals surface area contributed by atoms with Gasteiger partial charge in [0, 0.05) is 13.1 Å². The molecule has 0 fully saturated rings. The van der Waals surface area contributed by atoms with Gasteiger partial charge in [0.2, 0.25) is 20.0 Å². The standard InChI is InChI=1S/C21H24N2O5S2/c1-17-5-9-20(10-6-17)29(24,25)22-15-19-16-23(13-3-4-14-28-19)30(26,27)21-11-7-18(2)8-12-21/h5-12,19,22H,13-16H2,1-2H3. The minimum absolute atomic E-state index is 0.0126.